The van der Waals surface area contributed by atoms with Crippen molar-refractivity contribution in [2.24, 2.45) is 0 Å². The molecule has 0 saturated carbocycles. The number of halogens is 1. The van der Waals surface area contributed by atoms with Gasteiger partial charge in [-0.25, -0.2) is 19.3 Å². The summed E-state index contributed by atoms with van der Waals surface area (Å²) in [6.07, 6.45) is 6.40. The Hall–Kier alpha value is -4.33. The summed E-state index contributed by atoms with van der Waals surface area (Å²) < 4.78 is 19.4. The lowest BCUT2D eigenvalue weighted by atomic mass is 9.79. The molecule has 2 aromatic heterocycles. The first kappa shape index (κ1) is 25.9. The quantitative estimate of drug-likeness (QED) is 0.296. The minimum Gasteiger partial charge on any atom is -0.494 e. The van der Waals surface area contributed by atoms with E-state index in [1.165, 1.54) is 18.7 Å². The van der Waals surface area contributed by atoms with Crippen molar-refractivity contribution in [3.05, 3.63) is 88.5 Å². The summed E-state index contributed by atoms with van der Waals surface area (Å²) in [4.78, 5) is 31.7. The van der Waals surface area contributed by atoms with Crippen LogP contribution in [-0.2, 0) is 11.8 Å². The number of anilines is 1. The summed E-state index contributed by atoms with van der Waals surface area (Å²) in [5.74, 6) is 1.79. The highest BCUT2D eigenvalue weighted by Crippen LogP contribution is 2.40. The molecular formula is C32H32FN5O2. The number of nitrogens with zero attached hydrogens (tertiary/aromatic N) is 4. The third-order valence-corrected chi connectivity index (χ3v) is 8.33. The average Bonchev–Trinajstić information content (AvgIpc) is 3.58. The predicted molar refractivity (Wildman–Crippen MR) is 154 cm³/mol. The molecule has 204 valence electrons. The minimum atomic E-state index is -0.397. The second kappa shape index (κ2) is 10.0. The van der Waals surface area contributed by atoms with E-state index >= 15 is 0 Å². The van der Waals surface area contributed by atoms with Crippen molar-refractivity contribution in [1.82, 2.24) is 19.9 Å². The first-order valence-corrected chi connectivity index (χ1v) is 13.6. The number of hydrogen-bond acceptors (Lipinski definition) is 6. The van der Waals surface area contributed by atoms with Crippen molar-refractivity contribution >= 4 is 23.3 Å². The number of nitrogens with one attached hydrogen (secondary N) is 1. The van der Waals surface area contributed by atoms with Crippen molar-refractivity contribution in [1.29, 1.82) is 0 Å². The number of allylic oxidation sites excluding steroid dienone is 1. The van der Waals surface area contributed by atoms with E-state index in [2.05, 4.69) is 27.9 Å². The molecule has 0 bridgehead atoms. The van der Waals surface area contributed by atoms with Crippen molar-refractivity contribution < 1.29 is 13.9 Å². The summed E-state index contributed by atoms with van der Waals surface area (Å²) in [7, 11) is 1.46. The summed E-state index contributed by atoms with van der Waals surface area (Å²) in [5, 5.41) is 0. The zero-order valence-corrected chi connectivity index (χ0v) is 23.2. The lowest BCUT2D eigenvalue weighted by Gasteiger charge is -2.39. The average molecular weight is 538 g/mol. The number of aromatic nitrogens is 4. The maximum atomic E-state index is 14.4. The number of imidazole rings is 1. The number of rotatable bonds is 6. The molecule has 3 heterocycles. The molecule has 40 heavy (non-hydrogen) atoms. The summed E-state index contributed by atoms with van der Waals surface area (Å²) in [5.41, 5.74) is 7.38. The maximum Gasteiger partial charge on any atom is 0.165 e. The molecule has 1 aliphatic carbocycles. The van der Waals surface area contributed by atoms with Crippen LogP contribution in [0.4, 0.5) is 10.2 Å². The van der Waals surface area contributed by atoms with Crippen molar-refractivity contribution in [2.75, 3.05) is 25.1 Å². The van der Waals surface area contributed by atoms with E-state index in [1.54, 1.807) is 19.3 Å². The van der Waals surface area contributed by atoms with E-state index in [-0.39, 0.29) is 16.9 Å². The Morgan fingerprint density at radius 1 is 1.07 bits per heavy atom. The SMILES string of the molecule is COc1ccc(-c2nc(C3(C)CCN(c4ncnc5c4C=C(c4ccc(C(C)=O)cc4)C5)CC3)[nH]c2C)cc1F. The van der Waals surface area contributed by atoms with Crippen LogP contribution in [0.3, 0.4) is 0 Å². The van der Waals surface area contributed by atoms with E-state index in [0.29, 0.717) is 5.56 Å². The summed E-state index contributed by atoms with van der Waals surface area (Å²) in [6.45, 7) is 7.48. The first-order valence-electron chi connectivity index (χ1n) is 13.6. The number of hydrogen-bond donors (Lipinski definition) is 1. The van der Waals surface area contributed by atoms with Gasteiger partial charge in [-0.2, -0.15) is 0 Å². The molecule has 0 unspecified atom stereocenters. The van der Waals surface area contributed by atoms with E-state index in [4.69, 9.17) is 14.7 Å². The van der Waals surface area contributed by atoms with Crippen LogP contribution in [0.15, 0.2) is 48.8 Å². The predicted octanol–water partition coefficient (Wildman–Crippen LogP) is 6.18. The van der Waals surface area contributed by atoms with Gasteiger partial charge in [0.15, 0.2) is 17.3 Å². The van der Waals surface area contributed by atoms with Crippen LogP contribution in [0, 0.1) is 12.7 Å². The van der Waals surface area contributed by atoms with Gasteiger partial charge in [-0.15, -0.1) is 0 Å². The number of carbonyl (C=O) groups excluding carboxylic acids is 1. The highest BCUT2D eigenvalue weighted by atomic mass is 19.1. The fourth-order valence-electron chi connectivity index (χ4n) is 5.76. The van der Waals surface area contributed by atoms with Gasteiger partial charge in [-0.05, 0) is 62.1 Å². The molecular weight excluding hydrogens is 505 g/mol. The molecule has 1 aliphatic heterocycles. The van der Waals surface area contributed by atoms with Gasteiger partial charge in [0.1, 0.15) is 18.0 Å². The molecule has 1 saturated heterocycles. The molecule has 2 aliphatic rings. The Morgan fingerprint density at radius 2 is 1.80 bits per heavy atom. The molecule has 8 heteroatoms. The lowest BCUT2D eigenvalue weighted by molar-refractivity contribution is 0.101. The maximum absolute atomic E-state index is 14.4. The highest BCUT2D eigenvalue weighted by Gasteiger charge is 2.36. The molecule has 0 amide bonds. The number of aromatic amines is 1. The summed E-state index contributed by atoms with van der Waals surface area (Å²) >= 11 is 0. The number of aryl methyl sites for hydroxylation is 1. The fourth-order valence-corrected chi connectivity index (χ4v) is 5.76. The van der Waals surface area contributed by atoms with Crippen molar-refractivity contribution in [3.63, 3.8) is 0 Å². The number of H-pyrrole nitrogens is 1. The normalized spacial score (nSPS) is 16.0. The Balaban J connectivity index is 1.21. The van der Waals surface area contributed by atoms with Gasteiger partial charge < -0.3 is 14.6 Å². The first-order chi connectivity index (χ1) is 19.3. The molecule has 1 N–H and O–H groups in total. The topological polar surface area (TPSA) is 84.0 Å². The molecule has 0 atom stereocenters. The zero-order chi connectivity index (χ0) is 28.0. The Bertz CT molecular complexity index is 1630. The number of ketones is 1. The van der Waals surface area contributed by atoms with Gasteiger partial charge >= 0.3 is 0 Å². The van der Waals surface area contributed by atoms with Gasteiger partial charge in [-0.1, -0.05) is 31.2 Å². The van der Waals surface area contributed by atoms with E-state index in [9.17, 15) is 9.18 Å². The molecule has 7 nitrogen and oxygen atoms in total. The van der Waals surface area contributed by atoms with Crippen LogP contribution in [0.2, 0.25) is 0 Å². The van der Waals surface area contributed by atoms with Gasteiger partial charge in [0.2, 0.25) is 0 Å². The second-order valence-electron chi connectivity index (χ2n) is 11.0. The van der Waals surface area contributed by atoms with Gasteiger partial charge in [0.25, 0.3) is 0 Å². The van der Waals surface area contributed by atoms with Crippen LogP contribution in [0.5, 0.6) is 5.75 Å². The third kappa shape index (κ3) is 4.57. The third-order valence-electron chi connectivity index (χ3n) is 8.33. The van der Waals surface area contributed by atoms with E-state index in [0.717, 1.165) is 77.8 Å². The van der Waals surface area contributed by atoms with Crippen LogP contribution in [-0.4, -0.2) is 45.9 Å². The lowest BCUT2D eigenvalue weighted by Crippen LogP contribution is -2.42. The number of fused-ring (bicyclic) bond motifs is 1. The number of benzene rings is 2. The smallest absolute Gasteiger partial charge is 0.165 e. The van der Waals surface area contributed by atoms with Crippen molar-refractivity contribution in [3.8, 4) is 17.0 Å². The number of carbonyl (C=O) groups is 1. The van der Waals surface area contributed by atoms with Crippen LogP contribution < -0.4 is 9.64 Å². The van der Waals surface area contributed by atoms with Crippen LogP contribution >= 0.6 is 0 Å². The summed E-state index contributed by atoms with van der Waals surface area (Å²) in [6, 6.07) is 12.7. The van der Waals surface area contributed by atoms with Crippen molar-refractivity contribution in [2.45, 2.75) is 45.4 Å². The molecule has 1 fully saturated rings. The monoisotopic (exact) mass is 537 g/mol. The molecule has 0 spiro atoms. The Kier molecular flexibility index (Phi) is 6.49. The van der Waals surface area contributed by atoms with Gasteiger partial charge in [0, 0.05) is 47.3 Å². The minimum absolute atomic E-state index is 0.0658. The number of piperidine rings is 1. The van der Waals surface area contributed by atoms with Crippen LogP contribution in [0.1, 0.15) is 65.4 Å². The number of Topliss-reactive ketones (excluding diaryl/α,β-unsaturated/α-hetero) is 1. The number of ether oxygens (including phenoxy) is 1. The Morgan fingerprint density at radius 3 is 2.48 bits per heavy atom. The molecule has 0 radical (unpaired) electrons. The Labute approximate surface area is 233 Å². The largest absolute Gasteiger partial charge is 0.494 e. The van der Waals surface area contributed by atoms with Gasteiger partial charge in [0.05, 0.1) is 18.5 Å². The standard InChI is InChI=1S/C32H32FN5O2/c1-19-29(23-9-10-28(40-4)26(33)16-23)37-31(36-19)32(3)11-13-38(14-12-32)30-25-15-24(17-27(25)34-18-35-30)22-7-5-21(6-8-22)20(2)39/h5-10,15-16,18H,11-14,17H2,1-4H3,(H,36,37). The number of methoxy groups -OCH3 is 1. The molecule has 6 rings (SSSR count). The molecule has 4 aromatic rings. The highest BCUT2D eigenvalue weighted by molar-refractivity contribution is 5.95. The second-order valence-corrected chi connectivity index (χ2v) is 11.0. The van der Waals surface area contributed by atoms with E-state index in [1.807, 2.05) is 37.3 Å². The zero-order valence-electron chi connectivity index (χ0n) is 23.2. The van der Waals surface area contributed by atoms with Crippen LogP contribution in [0.25, 0.3) is 22.9 Å². The van der Waals surface area contributed by atoms with E-state index < -0.39 is 5.82 Å². The van der Waals surface area contributed by atoms with Gasteiger partial charge in [-0.3, -0.25) is 4.79 Å². The molecule has 2 aromatic carbocycles. The fraction of sp³-hybridized carbons (Fsp3) is 0.312.